The van der Waals surface area contributed by atoms with Crippen molar-refractivity contribution in [3.05, 3.63) is 54.1 Å². The monoisotopic (exact) mass is 280 g/mol. The Bertz CT molecular complexity index is 628. The fourth-order valence-corrected chi connectivity index (χ4v) is 2.82. The Morgan fingerprint density at radius 3 is 2.38 bits per heavy atom. The van der Waals surface area contributed by atoms with Gasteiger partial charge < -0.3 is 10.2 Å². The number of nitrogens with one attached hydrogen (secondary N) is 1. The summed E-state index contributed by atoms with van der Waals surface area (Å²) in [5, 5.41) is 2.66. The highest BCUT2D eigenvalue weighted by molar-refractivity contribution is 5.95. The van der Waals surface area contributed by atoms with Crippen LogP contribution in [0.1, 0.15) is 23.2 Å². The number of hydrogen-bond donors (Lipinski definition) is 1. The smallest absolute Gasteiger partial charge is 0.251 e. The summed E-state index contributed by atoms with van der Waals surface area (Å²) in [5.74, 6) is -0.0504. The molecule has 1 aliphatic rings. The molecule has 1 N–H and O–H groups in total. The third kappa shape index (κ3) is 2.92. The zero-order valence-corrected chi connectivity index (χ0v) is 12.3. The van der Waals surface area contributed by atoms with Crippen LogP contribution in [0.2, 0.25) is 0 Å². The SMILES string of the molecule is CNC(=O)c1cccc(-c2ccc(N3CCCC3)cc2)c1. The van der Waals surface area contributed by atoms with E-state index in [9.17, 15) is 4.79 Å². The first-order chi connectivity index (χ1) is 10.3. The van der Waals surface area contributed by atoms with Crippen LogP contribution in [-0.4, -0.2) is 26.0 Å². The van der Waals surface area contributed by atoms with Crippen molar-refractivity contribution in [1.29, 1.82) is 0 Å². The van der Waals surface area contributed by atoms with Gasteiger partial charge in [-0.05, 0) is 48.2 Å². The minimum Gasteiger partial charge on any atom is -0.372 e. The molecule has 0 aromatic heterocycles. The summed E-state index contributed by atoms with van der Waals surface area (Å²) in [6.45, 7) is 2.32. The fraction of sp³-hybridized carbons (Fsp3) is 0.278. The van der Waals surface area contributed by atoms with Crippen molar-refractivity contribution in [2.24, 2.45) is 0 Å². The van der Waals surface area contributed by atoms with E-state index in [-0.39, 0.29) is 5.91 Å². The number of rotatable bonds is 3. The zero-order valence-electron chi connectivity index (χ0n) is 12.3. The van der Waals surface area contributed by atoms with Gasteiger partial charge in [-0.25, -0.2) is 0 Å². The molecule has 2 aromatic carbocycles. The van der Waals surface area contributed by atoms with Crippen LogP contribution in [0.25, 0.3) is 11.1 Å². The summed E-state index contributed by atoms with van der Waals surface area (Å²) in [4.78, 5) is 14.1. The average Bonchev–Trinajstić information content (AvgIpc) is 3.09. The maximum atomic E-state index is 11.7. The van der Waals surface area contributed by atoms with Crippen molar-refractivity contribution in [3.8, 4) is 11.1 Å². The minimum absolute atomic E-state index is 0.0504. The molecular weight excluding hydrogens is 260 g/mol. The Morgan fingerprint density at radius 1 is 1.00 bits per heavy atom. The standard InChI is InChI=1S/C18H20N2O/c1-19-18(21)16-6-4-5-15(13-16)14-7-9-17(10-8-14)20-11-2-3-12-20/h4-10,13H,2-3,11-12H2,1H3,(H,19,21). The Hall–Kier alpha value is -2.29. The molecule has 0 saturated carbocycles. The second kappa shape index (κ2) is 6.00. The van der Waals surface area contributed by atoms with Gasteiger partial charge >= 0.3 is 0 Å². The Labute approximate surface area is 125 Å². The molecule has 0 radical (unpaired) electrons. The van der Waals surface area contributed by atoms with Gasteiger partial charge in [-0.2, -0.15) is 0 Å². The van der Waals surface area contributed by atoms with Crippen LogP contribution in [0.5, 0.6) is 0 Å². The molecule has 1 saturated heterocycles. The lowest BCUT2D eigenvalue weighted by atomic mass is 10.0. The average molecular weight is 280 g/mol. The number of carbonyl (C=O) groups excluding carboxylic acids is 1. The normalized spacial score (nSPS) is 14.2. The molecule has 3 heteroatoms. The molecule has 1 heterocycles. The van der Waals surface area contributed by atoms with Crippen LogP contribution < -0.4 is 10.2 Å². The summed E-state index contributed by atoms with van der Waals surface area (Å²) >= 11 is 0. The van der Waals surface area contributed by atoms with Crippen molar-refractivity contribution in [2.75, 3.05) is 25.0 Å². The fourth-order valence-electron chi connectivity index (χ4n) is 2.82. The van der Waals surface area contributed by atoms with Gasteiger partial charge in [0.2, 0.25) is 0 Å². The van der Waals surface area contributed by atoms with E-state index in [1.54, 1.807) is 7.05 Å². The van der Waals surface area contributed by atoms with E-state index in [4.69, 9.17) is 0 Å². The highest BCUT2D eigenvalue weighted by atomic mass is 16.1. The molecule has 1 amide bonds. The number of carbonyl (C=O) groups is 1. The summed E-state index contributed by atoms with van der Waals surface area (Å²) in [7, 11) is 1.65. The molecule has 3 nitrogen and oxygen atoms in total. The first-order valence-corrected chi connectivity index (χ1v) is 7.45. The second-order valence-electron chi connectivity index (χ2n) is 5.40. The van der Waals surface area contributed by atoms with E-state index in [1.807, 2.05) is 24.3 Å². The van der Waals surface area contributed by atoms with Gasteiger partial charge in [0.05, 0.1) is 0 Å². The van der Waals surface area contributed by atoms with Crippen LogP contribution >= 0.6 is 0 Å². The minimum atomic E-state index is -0.0504. The van der Waals surface area contributed by atoms with E-state index in [0.717, 1.165) is 24.2 Å². The molecule has 0 unspecified atom stereocenters. The summed E-state index contributed by atoms with van der Waals surface area (Å²) in [5.41, 5.74) is 4.20. The molecule has 3 rings (SSSR count). The van der Waals surface area contributed by atoms with Crippen molar-refractivity contribution in [3.63, 3.8) is 0 Å². The molecule has 0 atom stereocenters. The van der Waals surface area contributed by atoms with Gasteiger partial charge in [0.15, 0.2) is 0 Å². The number of amides is 1. The quantitative estimate of drug-likeness (QED) is 0.935. The highest BCUT2D eigenvalue weighted by Gasteiger charge is 2.12. The van der Waals surface area contributed by atoms with E-state index in [2.05, 4.69) is 34.5 Å². The molecule has 108 valence electrons. The summed E-state index contributed by atoms with van der Waals surface area (Å²) < 4.78 is 0. The van der Waals surface area contributed by atoms with Gasteiger partial charge in [-0.3, -0.25) is 4.79 Å². The molecule has 0 bridgehead atoms. The Morgan fingerprint density at radius 2 is 1.71 bits per heavy atom. The molecule has 2 aromatic rings. The first-order valence-electron chi connectivity index (χ1n) is 7.45. The number of nitrogens with zero attached hydrogens (tertiary/aromatic N) is 1. The van der Waals surface area contributed by atoms with Crippen LogP contribution in [0.4, 0.5) is 5.69 Å². The first kappa shape index (κ1) is 13.7. The maximum Gasteiger partial charge on any atom is 0.251 e. The lowest BCUT2D eigenvalue weighted by molar-refractivity contribution is 0.0963. The van der Waals surface area contributed by atoms with Crippen LogP contribution in [0.3, 0.4) is 0 Å². The van der Waals surface area contributed by atoms with Crippen molar-refractivity contribution in [2.45, 2.75) is 12.8 Å². The third-order valence-electron chi connectivity index (χ3n) is 4.02. The molecule has 0 spiro atoms. The van der Waals surface area contributed by atoms with Gasteiger partial charge in [0, 0.05) is 31.4 Å². The molecule has 1 aliphatic heterocycles. The third-order valence-corrected chi connectivity index (χ3v) is 4.02. The zero-order chi connectivity index (χ0) is 14.7. The number of hydrogen-bond acceptors (Lipinski definition) is 2. The molecular formula is C18H20N2O. The Balaban J connectivity index is 1.85. The number of anilines is 1. The van der Waals surface area contributed by atoms with Crippen LogP contribution in [0, 0.1) is 0 Å². The van der Waals surface area contributed by atoms with Crippen molar-refractivity contribution < 1.29 is 4.79 Å². The second-order valence-corrected chi connectivity index (χ2v) is 5.40. The van der Waals surface area contributed by atoms with Crippen LogP contribution in [0.15, 0.2) is 48.5 Å². The molecule has 1 fully saturated rings. The van der Waals surface area contributed by atoms with Crippen molar-refractivity contribution >= 4 is 11.6 Å². The van der Waals surface area contributed by atoms with Crippen LogP contribution in [-0.2, 0) is 0 Å². The van der Waals surface area contributed by atoms with E-state index in [0.29, 0.717) is 5.56 Å². The van der Waals surface area contributed by atoms with Crippen molar-refractivity contribution in [1.82, 2.24) is 5.32 Å². The lowest BCUT2D eigenvalue weighted by Gasteiger charge is -2.17. The van der Waals surface area contributed by atoms with Gasteiger partial charge in [-0.1, -0.05) is 24.3 Å². The topological polar surface area (TPSA) is 32.3 Å². The number of benzene rings is 2. The lowest BCUT2D eigenvalue weighted by Crippen LogP contribution is -2.17. The van der Waals surface area contributed by atoms with E-state index < -0.39 is 0 Å². The molecule has 0 aliphatic carbocycles. The van der Waals surface area contributed by atoms with E-state index in [1.165, 1.54) is 18.5 Å². The predicted molar refractivity (Wildman–Crippen MR) is 86.7 cm³/mol. The van der Waals surface area contributed by atoms with Gasteiger partial charge in [0.25, 0.3) is 5.91 Å². The maximum absolute atomic E-state index is 11.7. The van der Waals surface area contributed by atoms with Gasteiger partial charge in [-0.15, -0.1) is 0 Å². The van der Waals surface area contributed by atoms with E-state index >= 15 is 0 Å². The Kier molecular flexibility index (Phi) is 3.91. The van der Waals surface area contributed by atoms with Gasteiger partial charge in [0.1, 0.15) is 0 Å². The predicted octanol–water partition coefficient (Wildman–Crippen LogP) is 3.31. The summed E-state index contributed by atoms with van der Waals surface area (Å²) in [6.07, 6.45) is 2.58. The highest BCUT2D eigenvalue weighted by Crippen LogP contribution is 2.25. The molecule has 21 heavy (non-hydrogen) atoms. The largest absolute Gasteiger partial charge is 0.372 e. The summed E-state index contributed by atoms with van der Waals surface area (Å²) in [6, 6.07) is 16.4.